The highest BCUT2D eigenvalue weighted by molar-refractivity contribution is 5.96. The van der Waals surface area contributed by atoms with Crippen molar-refractivity contribution in [1.82, 2.24) is 16.0 Å². The molecule has 1 saturated carbocycles. The number of guanidine groups is 1. The van der Waals surface area contributed by atoms with Crippen LogP contribution in [0.15, 0.2) is 29.3 Å². The molecule has 0 spiro atoms. The van der Waals surface area contributed by atoms with Gasteiger partial charge in [0.1, 0.15) is 0 Å². The molecule has 2 unspecified atom stereocenters. The summed E-state index contributed by atoms with van der Waals surface area (Å²) in [7, 11) is 1.74. The normalized spacial score (nSPS) is 19.8. The van der Waals surface area contributed by atoms with Crippen LogP contribution >= 0.6 is 0 Å². The highest BCUT2D eigenvalue weighted by Gasteiger charge is 2.33. The fourth-order valence-electron chi connectivity index (χ4n) is 2.12. The Bertz CT molecular complexity index is 597. The zero-order valence-corrected chi connectivity index (χ0v) is 13.4. The summed E-state index contributed by atoms with van der Waals surface area (Å²) in [6.45, 7) is 2.65. The molecule has 1 fully saturated rings. The number of hydrogen-bond acceptors (Lipinski definition) is 3. The molecular weight excluding hydrogens is 294 g/mol. The molecule has 1 aliphatic rings. The summed E-state index contributed by atoms with van der Waals surface area (Å²) in [6.07, 6.45) is 1.18. The molecule has 1 aromatic rings. The predicted octanol–water partition coefficient (Wildman–Crippen LogP) is -0.0249. The van der Waals surface area contributed by atoms with Gasteiger partial charge in [0.25, 0.3) is 5.91 Å². The highest BCUT2D eigenvalue weighted by Crippen LogP contribution is 2.28. The molecule has 1 aliphatic carbocycles. The molecule has 0 heterocycles. The average Bonchev–Trinajstić information content (AvgIpc) is 3.24. The number of hydrogen-bond donors (Lipinski definition) is 4. The number of nitrogens with two attached hydrogens (primary N) is 1. The van der Waals surface area contributed by atoms with Crippen LogP contribution in [-0.4, -0.2) is 37.4 Å². The van der Waals surface area contributed by atoms with Crippen molar-refractivity contribution in [2.75, 3.05) is 13.6 Å². The number of primary amides is 1. The number of nitrogens with zero attached hydrogens (tertiary/aromatic N) is 1. The van der Waals surface area contributed by atoms with Gasteiger partial charge in [0.15, 0.2) is 5.96 Å². The van der Waals surface area contributed by atoms with E-state index in [9.17, 15) is 9.59 Å². The SMILES string of the molecule is CN=C(NCc1ccc(C(=O)NCC(N)=O)cc1)NC1CC1C. The lowest BCUT2D eigenvalue weighted by molar-refractivity contribution is -0.117. The quantitative estimate of drug-likeness (QED) is 0.436. The number of benzene rings is 1. The largest absolute Gasteiger partial charge is 0.368 e. The van der Waals surface area contributed by atoms with Crippen molar-refractivity contribution in [3.63, 3.8) is 0 Å². The van der Waals surface area contributed by atoms with E-state index in [-0.39, 0.29) is 12.5 Å². The van der Waals surface area contributed by atoms with E-state index in [4.69, 9.17) is 5.73 Å². The topological polar surface area (TPSA) is 109 Å². The summed E-state index contributed by atoms with van der Waals surface area (Å²) in [6, 6.07) is 7.66. The first-order chi connectivity index (χ1) is 11.0. The predicted molar refractivity (Wildman–Crippen MR) is 88.9 cm³/mol. The van der Waals surface area contributed by atoms with Gasteiger partial charge < -0.3 is 21.7 Å². The van der Waals surface area contributed by atoms with E-state index in [1.54, 1.807) is 19.2 Å². The van der Waals surface area contributed by atoms with Crippen molar-refractivity contribution in [1.29, 1.82) is 0 Å². The number of aliphatic imine (C=N–C) groups is 1. The molecule has 0 aliphatic heterocycles. The third-order valence-electron chi connectivity index (χ3n) is 3.75. The van der Waals surface area contributed by atoms with E-state index < -0.39 is 5.91 Å². The highest BCUT2D eigenvalue weighted by atomic mass is 16.2. The Morgan fingerprint density at radius 1 is 1.26 bits per heavy atom. The maximum absolute atomic E-state index is 11.8. The second kappa shape index (κ2) is 7.62. The number of nitrogens with one attached hydrogen (secondary N) is 3. The Labute approximate surface area is 135 Å². The Morgan fingerprint density at radius 3 is 2.43 bits per heavy atom. The van der Waals surface area contributed by atoms with Crippen molar-refractivity contribution in [2.45, 2.75) is 25.9 Å². The maximum Gasteiger partial charge on any atom is 0.251 e. The summed E-state index contributed by atoms with van der Waals surface area (Å²) in [5, 5.41) is 9.04. The molecule has 0 radical (unpaired) electrons. The van der Waals surface area contributed by atoms with Gasteiger partial charge in [-0.05, 0) is 30.0 Å². The van der Waals surface area contributed by atoms with Crippen LogP contribution in [0.4, 0.5) is 0 Å². The van der Waals surface area contributed by atoms with Crippen LogP contribution in [0.1, 0.15) is 29.3 Å². The number of carbonyl (C=O) groups is 2. The Morgan fingerprint density at radius 2 is 1.91 bits per heavy atom. The molecule has 124 valence electrons. The van der Waals surface area contributed by atoms with E-state index in [1.165, 1.54) is 6.42 Å². The lowest BCUT2D eigenvalue weighted by Crippen LogP contribution is -2.38. The molecule has 1 aromatic carbocycles. The van der Waals surface area contributed by atoms with E-state index in [0.717, 1.165) is 11.5 Å². The van der Waals surface area contributed by atoms with Gasteiger partial charge in [-0.25, -0.2) is 0 Å². The first kappa shape index (κ1) is 16.8. The van der Waals surface area contributed by atoms with Gasteiger partial charge in [-0.3, -0.25) is 14.6 Å². The maximum atomic E-state index is 11.8. The molecule has 0 bridgehead atoms. The molecule has 7 heteroatoms. The zero-order chi connectivity index (χ0) is 16.8. The fraction of sp³-hybridized carbons (Fsp3) is 0.438. The molecule has 2 rings (SSSR count). The summed E-state index contributed by atoms with van der Waals surface area (Å²) in [5.41, 5.74) is 6.51. The zero-order valence-electron chi connectivity index (χ0n) is 13.4. The molecular formula is C16H23N5O2. The molecule has 7 nitrogen and oxygen atoms in total. The van der Waals surface area contributed by atoms with Crippen LogP contribution in [0.3, 0.4) is 0 Å². The van der Waals surface area contributed by atoms with Gasteiger partial charge in [-0.2, -0.15) is 0 Å². The van der Waals surface area contributed by atoms with Gasteiger partial charge >= 0.3 is 0 Å². The van der Waals surface area contributed by atoms with E-state index in [1.807, 2.05) is 12.1 Å². The molecule has 23 heavy (non-hydrogen) atoms. The second-order valence-corrected chi connectivity index (χ2v) is 5.74. The van der Waals surface area contributed by atoms with Crippen LogP contribution in [0.2, 0.25) is 0 Å². The molecule has 2 atom stereocenters. The Kier molecular flexibility index (Phi) is 5.56. The first-order valence-corrected chi connectivity index (χ1v) is 7.62. The number of carbonyl (C=O) groups excluding carboxylic acids is 2. The lowest BCUT2D eigenvalue weighted by Gasteiger charge is -2.12. The molecule has 0 aromatic heterocycles. The van der Waals surface area contributed by atoms with Crippen molar-refractivity contribution in [2.24, 2.45) is 16.6 Å². The van der Waals surface area contributed by atoms with Gasteiger partial charge in [-0.1, -0.05) is 19.1 Å². The monoisotopic (exact) mass is 317 g/mol. The fourth-order valence-corrected chi connectivity index (χ4v) is 2.12. The van der Waals surface area contributed by atoms with Crippen molar-refractivity contribution in [3.8, 4) is 0 Å². The number of amides is 2. The standard InChI is InChI=1S/C16H23N5O2/c1-10-7-13(10)21-16(18-2)20-8-11-3-5-12(6-4-11)15(23)19-9-14(17)22/h3-6,10,13H,7-9H2,1-2H3,(H2,17,22)(H,19,23)(H2,18,20,21). The van der Waals surface area contributed by atoms with Crippen molar-refractivity contribution >= 4 is 17.8 Å². The van der Waals surface area contributed by atoms with E-state index in [0.29, 0.717) is 24.1 Å². The number of rotatable bonds is 6. The van der Waals surface area contributed by atoms with Crippen LogP contribution < -0.4 is 21.7 Å². The van der Waals surface area contributed by atoms with Crippen molar-refractivity contribution < 1.29 is 9.59 Å². The van der Waals surface area contributed by atoms with E-state index in [2.05, 4.69) is 27.9 Å². The summed E-state index contributed by atoms with van der Waals surface area (Å²) >= 11 is 0. The Balaban J connectivity index is 1.82. The van der Waals surface area contributed by atoms with Gasteiger partial charge in [0, 0.05) is 25.2 Å². The smallest absolute Gasteiger partial charge is 0.251 e. The summed E-state index contributed by atoms with van der Waals surface area (Å²) < 4.78 is 0. The van der Waals surface area contributed by atoms with Crippen LogP contribution in [0.5, 0.6) is 0 Å². The minimum absolute atomic E-state index is 0.163. The summed E-state index contributed by atoms with van der Waals surface area (Å²) in [4.78, 5) is 26.6. The Hall–Kier alpha value is -2.57. The molecule has 5 N–H and O–H groups in total. The van der Waals surface area contributed by atoms with Crippen LogP contribution in [-0.2, 0) is 11.3 Å². The summed E-state index contributed by atoms with van der Waals surface area (Å²) in [5.74, 6) is 0.598. The minimum atomic E-state index is -0.567. The molecule has 0 saturated heterocycles. The third-order valence-corrected chi connectivity index (χ3v) is 3.75. The van der Waals surface area contributed by atoms with Crippen molar-refractivity contribution in [3.05, 3.63) is 35.4 Å². The average molecular weight is 317 g/mol. The first-order valence-electron chi connectivity index (χ1n) is 7.62. The van der Waals surface area contributed by atoms with E-state index >= 15 is 0 Å². The van der Waals surface area contributed by atoms with Gasteiger partial charge in [-0.15, -0.1) is 0 Å². The minimum Gasteiger partial charge on any atom is -0.368 e. The van der Waals surface area contributed by atoms with Crippen LogP contribution in [0.25, 0.3) is 0 Å². The third kappa shape index (κ3) is 5.28. The van der Waals surface area contributed by atoms with Gasteiger partial charge in [0.05, 0.1) is 6.54 Å². The van der Waals surface area contributed by atoms with Crippen LogP contribution in [0, 0.1) is 5.92 Å². The van der Waals surface area contributed by atoms with Gasteiger partial charge in [0.2, 0.25) is 5.91 Å². The lowest BCUT2D eigenvalue weighted by atomic mass is 10.1. The molecule has 2 amide bonds. The second-order valence-electron chi connectivity index (χ2n) is 5.74.